The van der Waals surface area contributed by atoms with Crippen LogP contribution >= 0.6 is 0 Å². The minimum atomic E-state index is -0.410. The maximum Gasteiger partial charge on any atom is 0.220 e. The van der Waals surface area contributed by atoms with E-state index in [2.05, 4.69) is 10.4 Å². The fourth-order valence-electron chi connectivity index (χ4n) is 1.57. The standard InChI is InChI=1S/C14H23N3O2/c1-10-11(8-16-17(10)5)6-7-13(19)15-9-12(18)14(2,3)4/h8H,6-7,9H2,1-5H3,(H,15,19). The van der Waals surface area contributed by atoms with Gasteiger partial charge in [-0.25, -0.2) is 0 Å². The molecule has 5 nitrogen and oxygen atoms in total. The number of hydrogen-bond acceptors (Lipinski definition) is 3. The van der Waals surface area contributed by atoms with Crippen LogP contribution in [0.4, 0.5) is 0 Å². The van der Waals surface area contributed by atoms with Crippen molar-refractivity contribution in [3.8, 4) is 0 Å². The second-order valence-corrected chi connectivity index (χ2v) is 5.83. The molecule has 0 atom stereocenters. The molecule has 0 aromatic carbocycles. The Morgan fingerprint density at radius 3 is 2.47 bits per heavy atom. The number of amides is 1. The van der Waals surface area contributed by atoms with Crippen LogP contribution in [0, 0.1) is 12.3 Å². The predicted octanol–water partition coefficient (Wildman–Crippen LogP) is 1.39. The Morgan fingerprint density at radius 1 is 1.37 bits per heavy atom. The Bertz CT molecular complexity index is 470. The van der Waals surface area contributed by atoms with Crippen LogP contribution in [0.15, 0.2) is 6.20 Å². The Morgan fingerprint density at radius 2 is 2.00 bits per heavy atom. The summed E-state index contributed by atoms with van der Waals surface area (Å²) in [7, 11) is 1.88. The molecule has 0 bridgehead atoms. The molecule has 19 heavy (non-hydrogen) atoms. The van der Waals surface area contributed by atoms with E-state index in [1.807, 2.05) is 34.7 Å². The van der Waals surface area contributed by atoms with Gasteiger partial charge in [0.2, 0.25) is 5.91 Å². The predicted molar refractivity (Wildman–Crippen MR) is 73.7 cm³/mol. The second-order valence-electron chi connectivity index (χ2n) is 5.83. The summed E-state index contributed by atoms with van der Waals surface area (Å²) >= 11 is 0. The summed E-state index contributed by atoms with van der Waals surface area (Å²) in [4.78, 5) is 23.3. The lowest BCUT2D eigenvalue weighted by Crippen LogP contribution is -2.35. The van der Waals surface area contributed by atoms with E-state index in [9.17, 15) is 9.59 Å². The smallest absolute Gasteiger partial charge is 0.220 e. The minimum absolute atomic E-state index is 0.0402. The molecule has 0 radical (unpaired) electrons. The topological polar surface area (TPSA) is 64.0 Å². The zero-order valence-corrected chi connectivity index (χ0v) is 12.4. The van der Waals surface area contributed by atoms with E-state index in [1.54, 1.807) is 10.9 Å². The number of aromatic nitrogens is 2. The number of Topliss-reactive ketones (excluding diaryl/α,β-unsaturated/α-hetero) is 1. The summed E-state index contributed by atoms with van der Waals surface area (Å²) in [6.07, 6.45) is 2.81. The fourth-order valence-corrected chi connectivity index (χ4v) is 1.57. The van der Waals surface area contributed by atoms with E-state index in [4.69, 9.17) is 0 Å². The highest BCUT2D eigenvalue weighted by atomic mass is 16.2. The van der Waals surface area contributed by atoms with Gasteiger partial charge in [-0.2, -0.15) is 5.10 Å². The molecule has 0 fully saturated rings. The van der Waals surface area contributed by atoms with E-state index < -0.39 is 5.41 Å². The molecule has 0 aliphatic heterocycles. The summed E-state index contributed by atoms with van der Waals surface area (Å²) in [5.41, 5.74) is 1.73. The first-order chi connectivity index (χ1) is 8.71. The summed E-state index contributed by atoms with van der Waals surface area (Å²) in [5.74, 6) is -0.0562. The van der Waals surface area contributed by atoms with Crippen LogP contribution in [-0.2, 0) is 23.1 Å². The monoisotopic (exact) mass is 265 g/mol. The molecule has 0 unspecified atom stereocenters. The van der Waals surface area contributed by atoms with Gasteiger partial charge in [0.25, 0.3) is 0 Å². The molecule has 5 heteroatoms. The Balaban J connectivity index is 2.37. The van der Waals surface area contributed by atoms with Crippen LogP contribution in [0.1, 0.15) is 38.4 Å². The van der Waals surface area contributed by atoms with Crippen molar-refractivity contribution in [1.29, 1.82) is 0 Å². The summed E-state index contributed by atoms with van der Waals surface area (Å²) < 4.78 is 1.79. The van der Waals surface area contributed by atoms with Crippen molar-refractivity contribution in [1.82, 2.24) is 15.1 Å². The average molecular weight is 265 g/mol. The van der Waals surface area contributed by atoms with Crippen LogP contribution in [0.5, 0.6) is 0 Å². The number of aryl methyl sites for hydroxylation is 2. The number of ketones is 1. The van der Waals surface area contributed by atoms with Gasteiger partial charge >= 0.3 is 0 Å². The van der Waals surface area contributed by atoms with Gasteiger partial charge in [0.15, 0.2) is 5.78 Å². The highest BCUT2D eigenvalue weighted by Crippen LogP contribution is 2.13. The maximum absolute atomic E-state index is 11.7. The van der Waals surface area contributed by atoms with Crippen LogP contribution in [0.25, 0.3) is 0 Å². The lowest BCUT2D eigenvalue weighted by molar-refractivity contribution is -0.129. The van der Waals surface area contributed by atoms with E-state index >= 15 is 0 Å². The normalized spacial score (nSPS) is 11.4. The quantitative estimate of drug-likeness (QED) is 0.875. The highest BCUT2D eigenvalue weighted by molar-refractivity contribution is 5.89. The first-order valence-corrected chi connectivity index (χ1v) is 6.49. The van der Waals surface area contributed by atoms with Crippen molar-refractivity contribution in [3.63, 3.8) is 0 Å². The van der Waals surface area contributed by atoms with Crippen molar-refractivity contribution < 1.29 is 9.59 Å². The van der Waals surface area contributed by atoms with Crippen molar-refractivity contribution >= 4 is 11.7 Å². The van der Waals surface area contributed by atoms with Gasteiger partial charge in [-0.3, -0.25) is 14.3 Å². The largest absolute Gasteiger partial charge is 0.349 e. The van der Waals surface area contributed by atoms with Gasteiger partial charge in [-0.05, 0) is 18.9 Å². The van der Waals surface area contributed by atoms with Crippen molar-refractivity contribution in [2.75, 3.05) is 6.54 Å². The van der Waals surface area contributed by atoms with E-state index in [1.165, 1.54) is 0 Å². The number of carbonyl (C=O) groups is 2. The molecule has 1 amide bonds. The molecule has 1 N–H and O–H groups in total. The van der Waals surface area contributed by atoms with Gasteiger partial charge < -0.3 is 5.32 Å². The van der Waals surface area contributed by atoms with Gasteiger partial charge in [0.05, 0.1) is 12.7 Å². The lowest BCUT2D eigenvalue weighted by atomic mass is 9.91. The van der Waals surface area contributed by atoms with Gasteiger partial charge in [-0.15, -0.1) is 0 Å². The van der Waals surface area contributed by atoms with Gasteiger partial charge in [-0.1, -0.05) is 20.8 Å². The SMILES string of the molecule is Cc1c(CCC(=O)NCC(=O)C(C)(C)C)cnn1C. The van der Waals surface area contributed by atoms with Gasteiger partial charge in [0.1, 0.15) is 0 Å². The van der Waals surface area contributed by atoms with E-state index in [-0.39, 0.29) is 18.2 Å². The minimum Gasteiger partial charge on any atom is -0.349 e. The third-order valence-corrected chi connectivity index (χ3v) is 3.24. The third-order valence-electron chi connectivity index (χ3n) is 3.24. The third kappa shape index (κ3) is 4.50. The molecule has 1 aromatic heterocycles. The molecule has 0 saturated carbocycles. The molecule has 106 valence electrons. The first-order valence-electron chi connectivity index (χ1n) is 6.49. The molecular weight excluding hydrogens is 242 g/mol. The van der Waals surface area contributed by atoms with E-state index in [0.29, 0.717) is 12.8 Å². The van der Waals surface area contributed by atoms with Crippen molar-refractivity contribution in [2.24, 2.45) is 12.5 Å². The molecule has 0 aliphatic rings. The number of rotatable bonds is 5. The zero-order valence-electron chi connectivity index (χ0n) is 12.4. The average Bonchev–Trinajstić information content (AvgIpc) is 2.63. The molecule has 1 heterocycles. The van der Waals surface area contributed by atoms with Crippen LogP contribution in [0.3, 0.4) is 0 Å². The van der Waals surface area contributed by atoms with E-state index in [0.717, 1.165) is 11.3 Å². The summed E-state index contributed by atoms with van der Waals surface area (Å²) in [5, 5.41) is 6.80. The first kappa shape index (κ1) is 15.4. The summed E-state index contributed by atoms with van der Waals surface area (Å²) in [6, 6.07) is 0. The van der Waals surface area contributed by atoms with Crippen molar-refractivity contribution in [3.05, 3.63) is 17.5 Å². The molecule has 1 aromatic rings. The number of carbonyl (C=O) groups excluding carboxylic acids is 2. The molecule has 0 aliphatic carbocycles. The second kappa shape index (κ2) is 5.99. The Hall–Kier alpha value is -1.65. The Kier molecular flexibility index (Phi) is 4.86. The number of nitrogens with zero attached hydrogens (tertiary/aromatic N) is 2. The lowest BCUT2D eigenvalue weighted by Gasteiger charge is -2.16. The zero-order chi connectivity index (χ0) is 14.6. The van der Waals surface area contributed by atoms with Crippen LogP contribution in [-0.4, -0.2) is 28.0 Å². The van der Waals surface area contributed by atoms with Gasteiger partial charge in [0, 0.05) is 24.6 Å². The van der Waals surface area contributed by atoms with Crippen LogP contribution < -0.4 is 5.32 Å². The molecule has 0 spiro atoms. The Labute approximate surface area is 114 Å². The van der Waals surface area contributed by atoms with Crippen molar-refractivity contribution in [2.45, 2.75) is 40.5 Å². The maximum atomic E-state index is 11.7. The molecule has 0 saturated heterocycles. The fraction of sp³-hybridized carbons (Fsp3) is 0.643. The highest BCUT2D eigenvalue weighted by Gasteiger charge is 2.21. The van der Waals surface area contributed by atoms with Crippen LogP contribution in [0.2, 0.25) is 0 Å². The number of nitrogens with one attached hydrogen (secondary N) is 1. The molecular formula is C14H23N3O2. The number of hydrogen-bond donors (Lipinski definition) is 1. The summed E-state index contributed by atoms with van der Waals surface area (Å²) in [6.45, 7) is 7.62. The molecule has 1 rings (SSSR count).